The van der Waals surface area contributed by atoms with Crippen molar-refractivity contribution in [1.29, 1.82) is 0 Å². The lowest BCUT2D eigenvalue weighted by Gasteiger charge is -2.17. The van der Waals surface area contributed by atoms with Crippen LogP contribution < -0.4 is 4.74 Å². The van der Waals surface area contributed by atoms with E-state index in [2.05, 4.69) is 20.8 Å². The van der Waals surface area contributed by atoms with Crippen LogP contribution in [0.2, 0.25) is 0 Å². The van der Waals surface area contributed by atoms with Crippen LogP contribution in [0.25, 0.3) is 0 Å². The molecule has 0 aliphatic rings. The van der Waals surface area contributed by atoms with Gasteiger partial charge in [0.15, 0.2) is 5.78 Å². The molecule has 0 spiro atoms. The van der Waals surface area contributed by atoms with Crippen molar-refractivity contribution >= 4 is 18.2 Å². The minimum Gasteiger partial charge on any atom is -0.457 e. The van der Waals surface area contributed by atoms with Crippen LogP contribution in [-0.2, 0) is 0 Å². The van der Waals surface area contributed by atoms with E-state index in [1.54, 1.807) is 0 Å². The topological polar surface area (TPSA) is 26.3 Å². The molecule has 0 amide bonds. The molecule has 0 atom stereocenters. The number of Topliss-reactive ketones (excluding diaryl/α,β-unsaturated/α-hetero) is 1. The van der Waals surface area contributed by atoms with Gasteiger partial charge in [0.05, 0.1) is 0 Å². The van der Waals surface area contributed by atoms with Crippen molar-refractivity contribution < 1.29 is 9.53 Å². The first-order chi connectivity index (χ1) is 9.94. The minimum absolute atomic E-state index is 0. The molecular formula is C19H23ClO2. The van der Waals surface area contributed by atoms with Gasteiger partial charge in [-0.25, -0.2) is 0 Å². The van der Waals surface area contributed by atoms with Crippen LogP contribution in [0.15, 0.2) is 54.6 Å². The molecule has 0 unspecified atom stereocenters. The molecule has 0 radical (unpaired) electrons. The Bertz CT molecular complexity index is 583. The lowest BCUT2D eigenvalue weighted by molar-refractivity contribution is 0.0966. The zero-order valence-corrected chi connectivity index (χ0v) is 14.2. The summed E-state index contributed by atoms with van der Waals surface area (Å²) in [6.07, 6.45) is 1.48. The van der Waals surface area contributed by atoms with Crippen LogP contribution in [-0.4, -0.2) is 5.78 Å². The molecule has 0 bridgehead atoms. The van der Waals surface area contributed by atoms with Crippen molar-refractivity contribution in [3.8, 4) is 11.5 Å². The van der Waals surface area contributed by atoms with Gasteiger partial charge in [-0.3, -0.25) is 4.79 Å². The average Bonchev–Trinajstić information content (AvgIpc) is 2.46. The van der Waals surface area contributed by atoms with E-state index >= 15 is 0 Å². The summed E-state index contributed by atoms with van der Waals surface area (Å²) in [5, 5.41) is 0. The summed E-state index contributed by atoms with van der Waals surface area (Å²) in [6.45, 7) is 6.45. The number of hydrogen-bond donors (Lipinski definition) is 0. The van der Waals surface area contributed by atoms with Crippen LogP contribution in [0.3, 0.4) is 0 Å². The lowest BCUT2D eigenvalue weighted by atomic mass is 9.88. The molecule has 2 aromatic carbocycles. The van der Waals surface area contributed by atoms with Crippen molar-refractivity contribution in [2.75, 3.05) is 0 Å². The molecule has 0 aliphatic carbocycles. The Labute approximate surface area is 138 Å². The van der Waals surface area contributed by atoms with Crippen molar-refractivity contribution in [2.24, 2.45) is 5.41 Å². The number of benzene rings is 2. The van der Waals surface area contributed by atoms with Crippen molar-refractivity contribution in [3.63, 3.8) is 0 Å². The Hall–Kier alpha value is -1.80. The minimum atomic E-state index is 0. The van der Waals surface area contributed by atoms with Crippen LogP contribution in [0.5, 0.6) is 11.5 Å². The van der Waals surface area contributed by atoms with Gasteiger partial charge in [0.1, 0.15) is 11.5 Å². The van der Waals surface area contributed by atoms with E-state index in [9.17, 15) is 4.79 Å². The first kappa shape index (κ1) is 18.2. The smallest absolute Gasteiger partial charge is 0.162 e. The van der Waals surface area contributed by atoms with Gasteiger partial charge >= 0.3 is 0 Å². The lowest BCUT2D eigenvalue weighted by Crippen LogP contribution is -2.09. The number of carbonyl (C=O) groups excluding carboxylic acids is 1. The molecule has 2 aromatic rings. The van der Waals surface area contributed by atoms with Crippen molar-refractivity contribution in [1.82, 2.24) is 0 Å². The molecule has 0 saturated carbocycles. The summed E-state index contributed by atoms with van der Waals surface area (Å²) in [6, 6.07) is 17.0. The number of para-hydroxylation sites is 1. The number of rotatable bonds is 5. The molecule has 22 heavy (non-hydrogen) atoms. The van der Waals surface area contributed by atoms with E-state index in [4.69, 9.17) is 4.74 Å². The Morgan fingerprint density at radius 1 is 0.909 bits per heavy atom. The number of halogens is 1. The third kappa shape index (κ3) is 5.90. The van der Waals surface area contributed by atoms with E-state index in [1.807, 2.05) is 54.6 Å². The van der Waals surface area contributed by atoms with Gasteiger partial charge in [0.2, 0.25) is 0 Å². The van der Waals surface area contributed by atoms with Gasteiger partial charge < -0.3 is 4.74 Å². The highest BCUT2D eigenvalue weighted by molar-refractivity contribution is 5.96. The summed E-state index contributed by atoms with van der Waals surface area (Å²) in [7, 11) is 0. The Morgan fingerprint density at radius 2 is 1.45 bits per heavy atom. The zero-order chi connectivity index (χ0) is 15.3. The van der Waals surface area contributed by atoms with Gasteiger partial charge in [-0.2, -0.15) is 0 Å². The fraction of sp³-hybridized carbons (Fsp3) is 0.316. The summed E-state index contributed by atoms with van der Waals surface area (Å²) < 4.78 is 5.72. The highest BCUT2D eigenvalue weighted by atomic mass is 35.5. The van der Waals surface area contributed by atoms with Gasteiger partial charge in [0.25, 0.3) is 0 Å². The van der Waals surface area contributed by atoms with Crippen LogP contribution in [0.4, 0.5) is 0 Å². The van der Waals surface area contributed by atoms with E-state index in [1.165, 1.54) is 0 Å². The van der Waals surface area contributed by atoms with Crippen LogP contribution >= 0.6 is 12.4 Å². The maximum atomic E-state index is 12.1. The Morgan fingerprint density at radius 3 is 2.00 bits per heavy atom. The maximum Gasteiger partial charge on any atom is 0.162 e. The Kier molecular flexibility index (Phi) is 6.63. The third-order valence-electron chi connectivity index (χ3n) is 3.26. The normalized spacial score (nSPS) is 10.7. The molecule has 2 nitrogen and oxygen atoms in total. The summed E-state index contributed by atoms with van der Waals surface area (Å²) in [5.74, 6) is 1.73. The standard InChI is InChI=1S/C19H22O2.ClH/c1-19(2,3)14-13-18(20)15-9-11-17(12-10-15)21-16-7-5-4-6-8-16;/h4-12H,13-14H2,1-3H3;1H. The maximum absolute atomic E-state index is 12.1. The molecule has 0 aliphatic heterocycles. The third-order valence-corrected chi connectivity index (χ3v) is 3.26. The molecule has 0 N–H and O–H groups in total. The number of ether oxygens (including phenoxy) is 1. The molecule has 118 valence electrons. The second-order valence-corrected chi connectivity index (χ2v) is 6.42. The summed E-state index contributed by atoms with van der Waals surface area (Å²) in [5.41, 5.74) is 0.936. The molecule has 0 fully saturated rings. The highest BCUT2D eigenvalue weighted by Crippen LogP contribution is 2.24. The SMILES string of the molecule is CC(C)(C)CCC(=O)c1ccc(Oc2ccccc2)cc1.Cl. The monoisotopic (exact) mass is 318 g/mol. The van der Waals surface area contributed by atoms with Crippen LogP contribution in [0, 0.1) is 5.41 Å². The van der Waals surface area contributed by atoms with Crippen molar-refractivity contribution in [3.05, 3.63) is 60.2 Å². The van der Waals surface area contributed by atoms with Crippen molar-refractivity contribution in [2.45, 2.75) is 33.6 Å². The predicted molar refractivity (Wildman–Crippen MR) is 93.2 cm³/mol. The fourth-order valence-electron chi connectivity index (χ4n) is 1.97. The molecule has 0 heterocycles. The van der Waals surface area contributed by atoms with Gasteiger partial charge in [-0.05, 0) is 48.2 Å². The van der Waals surface area contributed by atoms with E-state index < -0.39 is 0 Å². The first-order valence-electron chi connectivity index (χ1n) is 7.30. The molecule has 0 aromatic heterocycles. The van der Waals surface area contributed by atoms with Gasteiger partial charge in [-0.15, -0.1) is 12.4 Å². The first-order valence-corrected chi connectivity index (χ1v) is 7.30. The molecule has 2 rings (SSSR count). The predicted octanol–water partition coefficient (Wildman–Crippen LogP) is 5.91. The zero-order valence-electron chi connectivity index (χ0n) is 13.3. The second kappa shape index (κ2) is 8.00. The second-order valence-electron chi connectivity index (χ2n) is 6.42. The number of hydrogen-bond acceptors (Lipinski definition) is 2. The number of ketones is 1. The Balaban J connectivity index is 0.00000242. The molecule has 0 saturated heterocycles. The number of carbonyl (C=O) groups is 1. The summed E-state index contributed by atoms with van der Waals surface area (Å²) in [4.78, 5) is 12.1. The van der Waals surface area contributed by atoms with E-state index in [0.717, 1.165) is 23.5 Å². The van der Waals surface area contributed by atoms with Crippen LogP contribution in [0.1, 0.15) is 44.0 Å². The fourth-order valence-corrected chi connectivity index (χ4v) is 1.97. The van der Waals surface area contributed by atoms with Gasteiger partial charge in [0, 0.05) is 12.0 Å². The summed E-state index contributed by atoms with van der Waals surface area (Å²) >= 11 is 0. The largest absolute Gasteiger partial charge is 0.457 e. The molecule has 3 heteroatoms. The van der Waals surface area contributed by atoms with E-state index in [-0.39, 0.29) is 23.6 Å². The molecular weight excluding hydrogens is 296 g/mol. The highest BCUT2D eigenvalue weighted by Gasteiger charge is 2.14. The van der Waals surface area contributed by atoms with E-state index in [0.29, 0.717) is 6.42 Å². The van der Waals surface area contributed by atoms with Gasteiger partial charge in [-0.1, -0.05) is 39.0 Å². The average molecular weight is 319 g/mol. The quantitative estimate of drug-likeness (QED) is 0.640.